The summed E-state index contributed by atoms with van der Waals surface area (Å²) in [6.07, 6.45) is 1.28. The molecule has 0 saturated carbocycles. The van der Waals surface area contributed by atoms with Gasteiger partial charge in [0.15, 0.2) is 5.76 Å². The number of benzene rings is 1. The zero-order valence-corrected chi connectivity index (χ0v) is 7.18. The van der Waals surface area contributed by atoms with Crippen molar-refractivity contribution in [2.45, 2.75) is 0 Å². The number of aromatic nitrogens is 2. The molecule has 3 rings (SSSR count). The van der Waals surface area contributed by atoms with Gasteiger partial charge in [0.2, 0.25) is 12.2 Å². The molecule has 0 amide bonds. The van der Waals surface area contributed by atoms with Crippen LogP contribution in [0.15, 0.2) is 45.7 Å². The Labute approximate surface area is 79.1 Å². The average molecular weight is 186 g/mol. The van der Waals surface area contributed by atoms with E-state index in [1.54, 1.807) is 0 Å². The van der Waals surface area contributed by atoms with E-state index in [9.17, 15) is 0 Å². The molecule has 1 aromatic carbocycles. The first-order valence-electron chi connectivity index (χ1n) is 4.19. The smallest absolute Gasteiger partial charge is 0.237 e. The molecule has 0 aliphatic heterocycles. The number of rotatable bonds is 1. The van der Waals surface area contributed by atoms with Gasteiger partial charge in [-0.2, -0.15) is 4.98 Å². The van der Waals surface area contributed by atoms with Crippen LogP contribution in [0.2, 0.25) is 0 Å². The van der Waals surface area contributed by atoms with Crippen molar-refractivity contribution in [3.8, 4) is 11.6 Å². The van der Waals surface area contributed by atoms with E-state index in [0.717, 1.165) is 11.0 Å². The van der Waals surface area contributed by atoms with Gasteiger partial charge in [0, 0.05) is 5.39 Å². The molecule has 0 N–H and O–H groups in total. The Bertz CT molecular complexity index is 521. The fourth-order valence-corrected chi connectivity index (χ4v) is 1.37. The average Bonchev–Trinajstić information content (AvgIpc) is 2.86. The van der Waals surface area contributed by atoms with Crippen molar-refractivity contribution >= 4 is 11.0 Å². The molecule has 0 aliphatic carbocycles. The van der Waals surface area contributed by atoms with Crippen molar-refractivity contribution in [3.63, 3.8) is 0 Å². The maximum Gasteiger partial charge on any atom is 0.237 e. The van der Waals surface area contributed by atoms with Gasteiger partial charge in [-0.15, -0.1) is 0 Å². The van der Waals surface area contributed by atoms with Crippen LogP contribution >= 0.6 is 0 Å². The third kappa shape index (κ3) is 1.01. The lowest BCUT2D eigenvalue weighted by Crippen LogP contribution is -1.73. The predicted octanol–water partition coefficient (Wildman–Crippen LogP) is 2.48. The highest BCUT2D eigenvalue weighted by atomic mass is 16.5. The van der Waals surface area contributed by atoms with Gasteiger partial charge in [0.1, 0.15) is 5.58 Å². The van der Waals surface area contributed by atoms with Crippen molar-refractivity contribution < 1.29 is 8.94 Å². The molecule has 68 valence electrons. The van der Waals surface area contributed by atoms with Crippen LogP contribution in [0.5, 0.6) is 0 Å². The first kappa shape index (κ1) is 7.32. The minimum atomic E-state index is 0.473. The van der Waals surface area contributed by atoms with Gasteiger partial charge < -0.3 is 8.94 Å². The Balaban J connectivity index is 2.24. The van der Waals surface area contributed by atoms with E-state index >= 15 is 0 Å². The van der Waals surface area contributed by atoms with Crippen LogP contribution in [0.3, 0.4) is 0 Å². The topological polar surface area (TPSA) is 52.1 Å². The quantitative estimate of drug-likeness (QED) is 0.585. The second-order valence-electron chi connectivity index (χ2n) is 2.90. The van der Waals surface area contributed by atoms with E-state index in [2.05, 4.69) is 14.7 Å². The number of hydrogen-bond acceptors (Lipinski definition) is 4. The number of nitrogens with zero attached hydrogens (tertiary/aromatic N) is 2. The molecule has 4 heteroatoms. The first-order valence-corrected chi connectivity index (χ1v) is 4.19. The van der Waals surface area contributed by atoms with Crippen molar-refractivity contribution in [2.24, 2.45) is 0 Å². The largest absolute Gasteiger partial charge is 0.453 e. The van der Waals surface area contributed by atoms with Crippen molar-refractivity contribution in [3.05, 3.63) is 36.7 Å². The molecule has 0 bridgehead atoms. The second-order valence-corrected chi connectivity index (χ2v) is 2.90. The summed E-state index contributed by atoms with van der Waals surface area (Å²) in [5.74, 6) is 1.10. The fraction of sp³-hybridized carbons (Fsp3) is 0. The summed E-state index contributed by atoms with van der Waals surface area (Å²) in [7, 11) is 0. The van der Waals surface area contributed by atoms with Crippen molar-refractivity contribution in [2.75, 3.05) is 0 Å². The summed E-state index contributed by atoms with van der Waals surface area (Å²) in [6, 6.07) is 9.64. The Morgan fingerprint density at radius 2 is 2.07 bits per heavy atom. The number of para-hydroxylation sites is 1. The Kier molecular flexibility index (Phi) is 1.41. The highest BCUT2D eigenvalue weighted by Gasteiger charge is 2.08. The molecule has 0 saturated heterocycles. The molecule has 0 atom stereocenters. The molecule has 2 aromatic heterocycles. The van der Waals surface area contributed by atoms with Gasteiger partial charge in [-0.1, -0.05) is 23.4 Å². The molecular formula is C10H6N2O2. The summed E-state index contributed by atoms with van der Waals surface area (Å²) in [5.41, 5.74) is 0.826. The van der Waals surface area contributed by atoms with E-state index in [-0.39, 0.29) is 0 Å². The van der Waals surface area contributed by atoms with Crippen molar-refractivity contribution in [1.29, 1.82) is 0 Å². The van der Waals surface area contributed by atoms with Crippen LogP contribution in [-0.2, 0) is 0 Å². The summed E-state index contributed by atoms with van der Waals surface area (Å²) < 4.78 is 10.2. The van der Waals surface area contributed by atoms with E-state index in [1.165, 1.54) is 6.39 Å². The SMILES string of the molecule is c1ccc2oc(-c3ncon3)cc2c1. The summed E-state index contributed by atoms with van der Waals surface area (Å²) >= 11 is 0. The molecule has 0 spiro atoms. The van der Waals surface area contributed by atoms with E-state index in [0.29, 0.717) is 11.6 Å². The monoisotopic (exact) mass is 186 g/mol. The number of hydrogen-bond donors (Lipinski definition) is 0. The van der Waals surface area contributed by atoms with E-state index < -0.39 is 0 Å². The minimum Gasteiger partial charge on any atom is -0.453 e. The van der Waals surface area contributed by atoms with Crippen LogP contribution in [0, 0.1) is 0 Å². The van der Waals surface area contributed by atoms with Gasteiger partial charge in [0.05, 0.1) is 0 Å². The summed E-state index contributed by atoms with van der Waals surface area (Å²) in [4.78, 5) is 3.91. The van der Waals surface area contributed by atoms with Crippen LogP contribution in [-0.4, -0.2) is 10.1 Å². The molecule has 2 heterocycles. The maximum atomic E-state index is 5.53. The Morgan fingerprint density at radius 3 is 2.86 bits per heavy atom. The predicted molar refractivity (Wildman–Crippen MR) is 49.5 cm³/mol. The van der Waals surface area contributed by atoms with Gasteiger partial charge in [-0.25, -0.2) is 0 Å². The van der Waals surface area contributed by atoms with E-state index in [4.69, 9.17) is 4.42 Å². The molecule has 0 unspecified atom stereocenters. The molecule has 4 nitrogen and oxygen atoms in total. The maximum absolute atomic E-state index is 5.53. The lowest BCUT2D eigenvalue weighted by Gasteiger charge is -1.83. The van der Waals surface area contributed by atoms with Crippen LogP contribution < -0.4 is 0 Å². The molecule has 3 aromatic rings. The third-order valence-corrected chi connectivity index (χ3v) is 2.01. The Morgan fingerprint density at radius 1 is 1.14 bits per heavy atom. The highest BCUT2D eigenvalue weighted by Crippen LogP contribution is 2.24. The summed E-state index contributed by atoms with van der Waals surface area (Å²) in [5, 5.41) is 4.74. The zero-order chi connectivity index (χ0) is 9.38. The summed E-state index contributed by atoms with van der Waals surface area (Å²) in [6.45, 7) is 0. The molecule has 0 fully saturated rings. The van der Waals surface area contributed by atoms with E-state index in [1.807, 2.05) is 30.3 Å². The van der Waals surface area contributed by atoms with Gasteiger partial charge in [0.25, 0.3) is 0 Å². The second kappa shape index (κ2) is 2.70. The lowest BCUT2D eigenvalue weighted by atomic mass is 10.2. The molecular weight excluding hydrogens is 180 g/mol. The molecule has 0 radical (unpaired) electrons. The van der Waals surface area contributed by atoms with Crippen molar-refractivity contribution in [1.82, 2.24) is 10.1 Å². The lowest BCUT2D eigenvalue weighted by molar-refractivity contribution is 0.417. The van der Waals surface area contributed by atoms with Crippen LogP contribution in [0.25, 0.3) is 22.6 Å². The van der Waals surface area contributed by atoms with Gasteiger partial charge >= 0.3 is 0 Å². The third-order valence-electron chi connectivity index (χ3n) is 2.01. The fourth-order valence-electron chi connectivity index (χ4n) is 1.37. The minimum absolute atomic E-state index is 0.473. The zero-order valence-electron chi connectivity index (χ0n) is 7.18. The molecule has 0 aliphatic rings. The normalized spacial score (nSPS) is 10.9. The highest BCUT2D eigenvalue weighted by molar-refractivity contribution is 5.81. The number of fused-ring (bicyclic) bond motifs is 1. The van der Waals surface area contributed by atoms with Crippen LogP contribution in [0.4, 0.5) is 0 Å². The van der Waals surface area contributed by atoms with Gasteiger partial charge in [-0.3, -0.25) is 0 Å². The molecule has 14 heavy (non-hydrogen) atoms. The van der Waals surface area contributed by atoms with Crippen LogP contribution in [0.1, 0.15) is 0 Å². The first-order chi connectivity index (χ1) is 6.93. The standard InChI is InChI=1S/C10H6N2O2/c1-2-4-8-7(3-1)5-9(14-8)10-11-6-13-12-10/h1-6H. The number of furan rings is 1. The Hall–Kier alpha value is -2.10. The van der Waals surface area contributed by atoms with Gasteiger partial charge in [-0.05, 0) is 12.1 Å².